The molecule has 1 N–H and O–H groups in total. The molecule has 0 spiro atoms. The van der Waals surface area contributed by atoms with E-state index < -0.39 is 0 Å². The molecule has 0 aliphatic carbocycles. The first-order valence-electron chi connectivity index (χ1n) is 6.02. The van der Waals surface area contributed by atoms with Crippen LogP contribution in [0.15, 0.2) is 0 Å². The van der Waals surface area contributed by atoms with Crippen LogP contribution in [0.4, 0.5) is 4.79 Å². The monoisotopic (exact) mass is 245 g/mol. The van der Waals surface area contributed by atoms with Gasteiger partial charge in [-0.3, -0.25) is 4.79 Å². The van der Waals surface area contributed by atoms with E-state index in [0.29, 0.717) is 13.1 Å². The summed E-state index contributed by atoms with van der Waals surface area (Å²) in [5.74, 6) is -0.256. The van der Waals surface area contributed by atoms with Gasteiger partial charge in [-0.15, -0.1) is 9.71 Å². The third kappa shape index (κ3) is 2.95. The standard InChI is InChI=1S/C11H24N4O2/c1-7-13(6)15(8-2,9-3)14(10(4)16)11(17)12-5/h7-9H2,1-6H3/p+1. The molecule has 0 bridgehead atoms. The van der Waals surface area contributed by atoms with Gasteiger partial charge >= 0.3 is 6.03 Å². The zero-order chi connectivity index (χ0) is 13.6. The SMILES string of the molecule is CCN(C)[N+](CC)(CC)N(C(C)=O)C(=O)NC. The van der Waals surface area contributed by atoms with Crippen molar-refractivity contribution in [2.24, 2.45) is 0 Å². The predicted octanol–water partition coefficient (Wildman–Crippen LogP) is 0.813. The zero-order valence-corrected chi connectivity index (χ0v) is 11.8. The first-order chi connectivity index (χ1) is 7.91. The Morgan fingerprint density at radius 1 is 1.18 bits per heavy atom. The molecule has 0 aliphatic heterocycles. The highest BCUT2D eigenvalue weighted by Crippen LogP contribution is 2.16. The molecule has 0 aromatic heterocycles. The second-order valence-electron chi connectivity index (χ2n) is 3.87. The Labute approximate surface area is 104 Å². The Kier molecular flexibility index (Phi) is 6.12. The summed E-state index contributed by atoms with van der Waals surface area (Å²) in [6.07, 6.45) is 0. The summed E-state index contributed by atoms with van der Waals surface area (Å²) in [5, 5.41) is 5.77. The van der Waals surface area contributed by atoms with Crippen LogP contribution in [0.25, 0.3) is 0 Å². The number of hydrogen-bond acceptors (Lipinski definition) is 3. The molecule has 0 aromatic carbocycles. The minimum atomic E-state index is -0.374. The number of nitrogens with one attached hydrogen (secondary N) is 1. The van der Waals surface area contributed by atoms with Gasteiger partial charge in [-0.05, 0) is 20.8 Å². The highest BCUT2D eigenvalue weighted by molar-refractivity contribution is 5.91. The molecule has 0 atom stereocenters. The van der Waals surface area contributed by atoms with E-state index >= 15 is 0 Å². The molecule has 0 rings (SSSR count). The molecule has 6 heteroatoms. The van der Waals surface area contributed by atoms with Crippen LogP contribution in [0.3, 0.4) is 0 Å². The first kappa shape index (κ1) is 15.9. The highest BCUT2D eigenvalue weighted by Gasteiger charge is 2.42. The molecule has 0 saturated heterocycles. The number of rotatable bonds is 5. The molecule has 3 amide bonds. The van der Waals surface area contributed by atoms with Gasteiger partial charge in [-0.2, -0.15) is 0 Å². The van der Waals surface area contributed by atoms with E-state index in [-0.39, 0.29) is 16.6 Å². The number of nitrogens with zero attached hydrogens (tertiary/aromatic N) is 3. The molecule has 0 heterocycles. The van der Waals surface area contributed by atoms with Crippen LogP contribution in [0.2, 0.25) is 0 Å². The van der Waals surface area contributed by atoms with Crippen molar-refractivity contribution in [2.75, 3.05) is 33.7 Å². The molecule has 6 nitrogen and oxygen atoms in total. The minimum absolute atomic E-state index is 0.214. The van der Waals surface area contributed by atoms with Crippen LogP contribution in [0.1, 0.15) is 27.7 Å². The maximum Gasteiger partial charge on any atom is 0.370 e. The smallest absolute Gasteiger partial charge is 0.337 e. The number of imide groups is 1. The summed E-state index contributed by atoms with van der Waals surface area (Å²) < 4.78 is 0.214. The normalized spacial score (nSPS) is 11.5. The molecule has 0 radical (unpaired) electrons. The van der Waals surface area contributed by atoms with Gasteiger partial charge in [0.25, 0.3) is 5.91 Å². The molecular weight excluding hydrogens is 220 g/mol. The van der Waals surface area contributed by atoms with Crippen LogP contribution in [-0.4, -0.2) is 60.4 Å². The minimum Gasteiger partial charge on any atom is -0.337 e. The predicted molar refractivity (Wildman–Crippen MR) is 66.6 cm³/mol. The fourth-order valence-electron chi connectivity index (χ4n) is 2.09. The Hall–Kier alpha value is -1.14. The Bertz CT molecular complexity index is 277. The molecule has 0 saturated carbocycles. The van der Waals surface area contributed by atoms with Crippen LogP contribution in [-0.2, 0) is 4.79 Å². The van der Waals surface area contributed by atoms with Gasteiger partial charge in [0.1, 0.15) is 13.1 Å². The second kappa shape index (κ2) is 6.56. The van der Waals surface area contributed by atoms with Crippen molar-refractivity contribution in [1.29, 1.82) is 0 Å². The van der Waals surface area contributed by atoms with Gasteiger partial charge < -0.3 is 5.32 Å². The van der Waals surface area contributed by atoms with E-state index in [1.54, 1.807) is 0 Å². The van der Waals surface area contributed by atoms with Gasteiger partial charge in [0.15, 0.2) is 0 Å². The second-order valence-corrected chi connectivity index (χ2v) is 3.87. The van der Waals surface area contributed by atoms with E-state index in [0.717, 1.165) is 6.54 Å². The Morgan fingerprint density at radius 3 is 1.88 bits per heavy atom. The molecule has 17 heavy (non-hydrogen) atoms. The van der Waals surface area contributed by atoms with Crippen LogP contribution in [0, 0.1) is 0 Å². The van der Waals surface area contributed by atoms with Crippen molar-refractivity contribution < 1.29 is 14.3 Å². The molecule has 100 valence electrons. The van der Waals surface area contributed by atoms with Gasteiger partial charge in [-0.25, -0.2) is 4.79 Å². The summed E-state index contributed by atoms with van der Waals surface area (Å²) in [5.41, 5.74) is 0. The maximum atomic E-state index is 11.9. The van der Waals surface area contributed by atoms with Crippen LogP contribution in [0.5, 0.6) is 0 Å². The average Bonchev–Trinajstić information content (AvgIpc) is 2.33. The summed E-state index contributed by atoms with van der Waals surface area (Å²) in [6.45, 7) is 9.39. The van der Waals surface area contributed by atoms with Gasteiger partial charge in [0.05, 0.1) is 0 Å². The third-order valence-electron chi connectivity index (χ3n) is 3.18. The number of urea groups is 1. The number of hydrogen-bond donors (Lipinski definition) is 1. The Morgan fingerprint density at radius 2 is 1.65 bits per heavy atom. The largest absolute Gasteiger partial charge is 0.370 e. The Balaban J connectivity index is 5.51. The molecule has 0 aromatic rings. The van der Waals surface area contributed by atoms with Gasteiger partial charge in [0, 0.05) is 27.6 Å². The summed E-state index contributed by atoms with van der Waals surface area (Å²) in [7, 11) is 3.44. The van der Waals surface area contributed by atoms with Crippen molar-refractivity contribution in [1.82, 2.24) is 15.3 Å². The fraction of sp³-hybridized carbons (Fsp3) is 0.818. The van der Waals surface area contributed by atoms with Gasteiger partial charge in [0.2, 0.25) is 0 Å². The highest BCUT2D eigenvalue weighted by atomic mass is 16.2. The van der Waals surface area contributed by atoms with E-state index in [1.165, 1.54) is 19.0 Å². The van der Waals surface area contributed by atoms with Gasteiger partial charge in [-0.1, -0.05) is 5.01 Å². The van der Waals surface area contributed by atoms with E-state index in [1.807, 2.05) is 32.8 Å². The number of carbonyl (C=O) groups excluding carboxylic acids is 2. The third-order valence-corrected chi connectivity index (χ3v) is 3.18. The van der Waals surface area contributed by atoms with E-state index in [2.05, 4.69) is 5.32 Å². The average molecular weight is 245 g/mol. The lowest BCUT2D eigenvalue weighted by Crippen LogP contribution is -2.71. The summed E-state index contributed by atoms with van der Waals surface area (Å²) in [4.78, 5) is 23.6. The lowest BCUT2D eigenvalue weighted by atomic mass is 10.5. The molecule has 0 unspecified atom stereocenters. The number of quaternary nitrogens is 1. The zero-order valence-electron chi connectivity index (χ0n) is 11.8. The van der Waals surface area contributed by atoms with Crippen molar-refractivity contribution in [3.05, 3.63) is 0 Å². The van der Waals surface area contributed by atoms with Crippen LogP contribution < -0.4 is 5.32 Å². The van der Waals surface area contributed by atoms with E-state index in [4.69, 9.17) is 0 Å². The maximum absolute atomic E-state index is 11.9. The van der Waals surface area contributed by atoms with Crippen LogP contribution >= 0.6 is 0 Å². The van der Waals surface area contributed by atoms with Crippen molar-refractivity contribution in [2.45, 2.75) is 27.7 Å². The quantitative estimate of drug-likeness (QED) is 0.576. The fourth-order valence-corrected chi connectivity index (χ4v) is 2.09. The molecular formula is C11H25N4O2+. The first-order valence-corrected chi connectivity index (χ1v) is 6.02. The van der Waals surface area contributed by atoms with E-state index in [9.17, 15) is 9.59 Å². The lowest BCUT2D eigenvalue weighted by molar-refractivity contribution is -1.10. The summed E-state index contributed by atoms with van der Waals surface area (Å²) >= 11 is 0. The molecule has 0 fully saturated rings. The lowest BCUT2D eigenvalue weighted by Gasteiger charge is -2.46. The topological polar surface area (TPSA) is 52.7 Å². The summed E-state index contributed by atoms with van der Waals surface area (Å²) in [6, 6.07) is -0.374. The van der Waals surface area contributed by atoms with Crippen molar-refractivity contribution >= 4 is 11.9 Å². The number of amides is 3. The van der Waals surface area contributed by atoms with Crippen molar-refractivity contribution in [3.63, 3.8) is 0 Å². The number of carbonyl (C=O) groups is 2. The molecule has 0 aliphatic rings. The van der Waals surface area contributed by atoms with Crippen molar-refractivity contribution in [3.8, 4) is 0 Å².